The van der Waals surface area contributed by atoms with Crippen LogP contribution in [0.1, 0.15) is 12.5 Å². The van der Waals surface area contributed by atoms with Gasteiger partial charge in [0.1, 0.15) is 5.75 Å². The number of carboxylic acids is 1. The Morgan fingerprint density at radius 2 is 1.45 bits per heavy atom. The minimum atomic E-state index is -4.14. The van der Waals surface area contributed by atoms with E-state index in [4.69, 9.17) is 4.74 Å². The number of rotatable bonds is 7. The summed E-state index contributed by atoms with van der Waals surface area (Å²) < 4.78 is 29.4. The summed E-state index contributed by atoms with van der Waals surface area (Å²) in [5.74, 6) is -0.891. The van der Waals surface area contributed by atoms with Gasteiger partial charge in [-0.2, -0.15) is 0 Å². The van der Waals surface area contributed by atoms with Crippen LogP contribution < -0.4 is 4.74 Å². The Hall–Kier alpha value is -3.12. The highest BCUT2D eigenvalue weighted by Gasteiger charge is 2.47. The third kappa shape index (κ3) is 4.03. The molecular weight excluding hydrogens is 388 g/mol. The molecular formula is C23H22O5S. The number of sulfone groups is 1. The zero-order valence-corrected chi connectivity index (χ0v) is 17.0. The first kappa shape index (κ1) is 20.6. The highest BCUT2D eigenvalue weighted by Crippen LogP contribution is 2.31. The van der Waals surface area contributed by atoms with Crippen LogP contribution in [0, 0.1) is 0 Å². The summed E-state index contributed by atoms with van der Waals surface area (Å²) in [5, 5.41) is 9.82. The molecule has 0 aromatic heterocycles. The van der Waals surface area contributed by atoms with E-state index in [1.54, 1.807) is 12.1 Å². The molecule has 0 aliphatic rings. The molecule has 3 aromatic rings. The normalized spacial score (nSPS) is 13.4. The molecule has 1 unspecified atom stereocenters. The minimum absolute atomic E-state index is 0.0518. The summed E-state index contributed by atoms with van der Waals surface area (Å²) in [6.07, 6.45) is -0.147. The van der Waals surface area contributed by atoms with Crippen LogP contribution in [-0.2, 0) is 21.1 Å². The van der Waals surface area contributed by atoms with Crippen molar-refractivity contribution >= 4 is 15.8 Å². The zero-order valence-electron chi connectivity index (χ0n) is 16.2. The van der Waals surface area contributed by atoms with Gasteiger partial charge in [0.15, 0.2) is 14.6 Å². The van der Waals surface area contributed by atoms with Crippen molar-refractivity contribution in [1.82, 2.24) is 0 Å². The lowest BCUT2D eigenvalue weighted by Crippen LogP contribution is -2.45. The van der Waals surface area contributed by atoms with Gasteiger partial charge in [0.05, 0.1) is 12.0 Å². The fraction of sp³-hybridized carbons (Fsp3) is 0.174. The van der Waals surface area contributed by atoms with Crippen LogP contribution in [-0.4, -0.2) is 31.4 Å². The van der Waals surface area contributed by atoms with Crippen LogP contribution in [0.25, 0.3) is 11.1 Å². The molecule has 0 fully saturated rings. The molecule has 0 radical (unpaired) electrons. The van der Waals surface area contributed by atoms with Crippen LogP contribution in [0.15, 0.2) is 83.8 Å². The summed E-state index contributed by atoms with van der Waals surface area (Å²) in [7, 11) is -2.66. The van der Waals surface area contributed by atoms with Crippen molar-refractivity contribution in [3.8, 4) is 16.9 Å². The Morgan fingerprint density at radius 3 is 1.97 bits per heavy atom. The van der Waals surface area contributed by atoms with Gasteiger partial charge >= 0.3 is 5.97 Å². The third-order valence-corrected chi connectivity index (χ3v) is 7.42. The fourth-order valence-corrected chi connectivity index (χ4v) is 4.74. The second-order valence-electron chi connectivity index (χ2n) is 6.95. The summed E-state index contributed by atoms with van der Waals surface area (Å²) >= 11 is 0. The van der Waals surface area contributed by atoms with Gasteiger partial charge in [-0.25, -0.2) is 8.42 Å². The van der Waals surface area contributed by atoms with E-state index >= 15 is 0 Å². The molecule has 0 aliphatic carbocycles. The summed E-state index contributed by atoms with van der Waals surface area (Å²) in [5.41, 5.74) is 2.64. The van der Waals surface area contributed by atoms with E-state index in [1.807, 2.05) is 42.5 Å². The topological polar surface area (TPSA) is 80.7 Å². The number of carbonyl (C=O) groups is 1. The second-order valence-corrected chi connectivity index (χ2v) is 9.33. The molecule has 0 heterocycles. The van der Waals surface area contributed by atoms with E-state index in [0.717, 1.165) is 11.1 Å². The van der Waals surface area contributed by atoms with Crippen molar-refractivity contribution in [2.45, 2.75) is 23.0 Å². The lowest BCUT2D eigenvalue weighted by molar-refractivity contribution is -0.139. The molecule has 0 spiro atoms. The number of methoxy groups -OCH3 is 1. The molecule has 3 aromatic carbocycles. The number of aliphatic carboxylic acids is 1. The lowest BCUT2D eigenvalue weighted by Gasteiger charge is -2.25. The van der Waals surface area contributed by atoms with Crippen LogP contribution in [0.5, 0.6) is 5.75 Å². The third-order valence-electron chi connectivity index (χ3n) is 5.02. The smallest absolute Gasteiger partial charge is 0.325 e. The van der Waals surface area contributed by atoms with Gasteiger partial charge in [-0.05, 0) is 47.9 Å². The van der Waals surface area contributed by atoms with Crippen molar-refractivity contribution in [3.05, 3.63) is 84.4 Å². The van der Waals surface area contributed by atoms with E-state index in [0.29, 0.717) is 11.3 Å². The summed E-state index contributed by atoms with van der Waals surface area (Å²) in [6, 6.07) is 22.8. The predicted octanol–water partition coefficient (Wildman–Crippen LogP) is 4.22. The molecule has 150 valence electrons. The second kappa shape index (κ2) is 8.09. The molecule has 1 atom stereocenters. The fourth-order valence-electron chi connectivity index (χ4n) is 3.14. The summed E-state index contributed by atoms with van der Waals surface area (Å²) in [4.78, 5) is 12.0. The van der Waals surface area contributed by atoms with Crippen molar-refractivity contribution in [1.29, 1.82) is 0 Å². The Morgan fingerprint density at radius 1 is 0.897 bits per heavy atom. The molecule has 0 amide bonds. The maximum absolute atomic E-state index is 13.2. The maximum Gasteiger partial charge on any atom is 0.325 e. The first-order valence-electron chi connectivity index (χ1n) is 9.04. The predicted molar refractivity (Wildman–Crippen MR) is 112 cm³/mol. The van der Waals surface area contributed by atoms with Crippen molar-refractivity contribution < 1.29 is 23.1 Å². The largest absolute Gasteiger partial charge is 0.497 e. The Labute approximate surface area is 170 Å². The number of hydrogen-bond acceptors (Lipinski definition) is 4. The Kier molecular flexibility index (Phi) is 5.75. The standard InChI is InChI=1S/C23H22O5S/c1-23(22(24)25,29(26,27)21-14-12-20(28-2)13-15-21)16-17-8-10-19(11-9-17)18-6-4-3-5-7-18/h3-15H,16H2,1-2H3,(H,24,25). The molecule has 5 nitrogen and oxygen atoms in total. The van der Waals surface area contributed by atoms with Crippen molar-refractivity contribution in [2.75, 3.05) is 7.11 Å². The molecule has 6 heteroatoms. The number of benzene rings is 3. The van der Waals surface area contributed by atoms with E-state index in [2.05, 4.69) is 0 Å². The average molecular weight is 410 g/mol. The maximum atomic E-state index is 13.2. The molecule has 1 N–H and O–H groups in total. The molecule has 0 bridgehead atoms. The van der Waals surface area contributed by atoms with Crippen molar-refractivity contribution in [2.24, 2.45) is 0 Å². The highest BCUT2D eigenvalue weighted by molar-refractivity contribution is 7.93. The quantitative estimate of drug-likeness (QED) is 0.631. The van der Waals surface area contributed by atoms with Gasteiger partial charge in [0.2, 0.25) is 0 Å². The van der Waals surface area contributed by atoms with Gasteiger partial charge in [-0.15, -0.1) is 0 Å². The van der Waals surface area contributed by atoms with E-state index < -0.39 is 20.6 Å². The lowest BCUT2D eigenvalue weighted by atomic mass is 9.97. The van der Waals surface area contributed by atoms with Gasteiger partial charge in [-0.1, -0.05) is 54.6 Å². The molecule has 0 saturated heterocycles. The number of carboxylic acid groups (broad SMARTS) is 1. The monoisotopic (exact) mass is 410 g/mol. The van der Waals surface area contributed by atoms with Crippen LogP contribution in [0.3, 0.4) is 0 Å². The van der Waals surface area contributed by atoms with Crippen molar-refractivity contribution in [3.63, 3.8) is 0 Å². The van der Waals surface area contributed by atoms with E-state index in [9.17, 15) is 18.3 Å². The minimum Gasteiger partial charge on any atom is -0.497 e. The number of ether oxygens (including phenoxy) is 1. The highest BCUT2D eigenvalue weighted by atomic mass is 32.2. The molecule has 3 rings (SSSR count). The van der Waals surface area contributed by atoms with Crippen LogP contribution >= 0.6 is 0 Å². The van der Waals surface area contributed by atoms with Gasteiger partial charge < -0.3 is 9.84 Å². The number of hydrogen-bond donors (Lipinski definition) is 1. The molecule has 0 saturated carbocycles. The van der Waals surface area contributed by atoms with Gasteiger partial charge in [0, 0.05) is 6.42 Å². The van der Waals surface area contributed by atoms with Crippen LogP contribution in [0.2, 0.25) is 0 Å². The Balaban J connectivity index is 1.93. The molecule has 29 heavy (non-hydrogen) atoms. The van der Waals surface area contributed by atoms with Crippen LogP contribution in [0.4, 0.5) is 0 Å². The average Bonchev–Trinajstić information content (AvgIpc) is 2.74. The Bertz CT molecular complexity index is 1090. The summed E-state index contributed by atoms with van der Waals surface area (Å²) in [6.45, 7) is 1.25. The first-order chi connectivity index (χ1) is 13.8. The van der Waals surface area contributed by atoms with E-state index in [1.165, 1.54) is 38.3 Å². The van der Waals surface area contributed by atoms with Gasteiger partial charge in [-0.3, -0.25) is 4.79 Å². The molecule has 0 aliphatic heterocycles. The SMILES string of the molecule is COc1ccc(S(=O)(=O)C(C)(Cc2ccc(-c3ccccc3)cc2)C(=O)O)cc1. The first-order valence-corrected chi connectivity index (χ1v) is 10.5. The zero-order chi connectivity index (χ0) is 21.1. The van der Waals surface area contributed by atoms with Gasteiger partial charge in [0.25, 0.3) is 0 Å². The van der Waals surface area contributed by atoms with E-state index in [-0.39, 0.29) is 11.3 Å².